The van der Waals surface area contributed by atoms with Crippen molar-refractivity contribution >= 4 is 5.91 Å². The van der Waals surface area contributed by atoms with E-state index in [-0.39, 0.29) is 17.8 Å². The molecule has 1 heterocycles. The number of carbonyl (C=O) groups is 1. The second-order valence-electron chi connectivity index (χ2n) is 4.58. The lowest BCUT2D eigenvalue weighted by molar-refractivity contribution is -0.129. The molecule has 16 heavy (non-hydrogen) atoms. The molecule has 1 aromatic rings. The van der Waals surface area contributed by atoms with E-state index in [2.05, 4.69) is 6.92 Å². The largest absolute Gasteiger partial charge is 0.336 e. The Labute approximate surface area is 95.1 Å². The number of carbonyl (C=O) groups excluding carboxylic acids is 1. The molecule has 0 radical (unpaired) electrons. The first-order valence-corrected chi connectivity index (χ1v) is 5.60. The molecule has 1 aliphatic heterocycles. The molecular formula is C13H16FNO. The lowest BCUT2D eigenvalue weighted by Crippen LogP contribution is -2.28. The van der Waals surface area contributed by atoms with Crippen molar-refractivity contribution in [1.29, 1.82) is 0 Å². The van der Waals surface area contributed by atoms with Gasteiger partial charge in [0.05, 0.1) is 6.04 Å². The standard InChI is InChI=1S/C13H16FNO/c1-9-6-13(15(8-9)10(2)16)11-4-3-5-12(14)7-11/h3-5,7,9,13H,6,8H2,1-2H3. The highest BCUT2D eigenvalue weighted by Crippen LogP contribution is 2.35. The van der Waals surface area contributed by atoms with E-state index in [0.717, 1.165) is 18.5 Å². The molecule has 2 nitrogen and oxygen atoms in total. The molecule has 86 valence electrons. The van der Waals surface area contributed by atoms with Crippen LogP contribution < -0.4 is 0 Å². The smallest absolute Gasteiger partial charge is 0.219 e. The van der Waals surface area contributed by atoms with Gasteiger partial charge in [-0.1, -0.05) is 19.1 Å². The maximum atomic E-state index is 13.1. The van der Waals surface area contributed by atoms with Crippen LogP contribution in [0.15, 0.2) is 24.3 Å². The van der Waals surface area contributed by atoms with E-state index < -0.39 is 0 Å². The monoisotopic (exact) mass is 221 g/mol. The third-order valence-electron chi connectivity index (χ3n) is 3.15. The number of halogens is 1. The van der Waals surface area contributed by atoms with E-state index in [0.29, 0.717) is 5.92 Å². The predicted molar refractivity (Wildman–Crippen MR) is 60.3 cm³/mol. The van der Waals surface area contributed by atoms with Crippen molar-refractivity contribution in [2.45, 2.75) is 26.3 Å². The molecule has 1 amide bonds. The normalized spacial score (nSPS) is 24.8. The van der Waals surface area contributed by atoms with Crippen molar-refractivity contribution < 1.29 is 9.18 Å². The average molecular weight is 221 g/mol. The summed E-state index contributed by atoms with van der Waals surface area (Å²) >= 11 is 0. The number of hydrogen-bond donors (Lipinski definition) is 0. The molecule has 0 N–H and O–H groups in total. The summed E-state index contributed by atoms with van der Waals surface area (Å²) in [6.45, 7) is 4.47. The maximum absolute atomic E-state index is 13.1. The van der Waals surface area contributed by atoms with E-state index in [1.54, 1.807) is 13.0 Å². The van der Waals surface area contributed by atoms with Crippen molar-refractivity contribution in [1.82, 2.24) is 4.90 Å². The van der Waals surface area contributed by atoms with E-state index >= 15 is 0 Å². The van der Waals surface area contributed by atoms with Gasteiger partial charge < -0.3 is 4.90 Å². The van der Waals surface area contributed by atoms with Gasteiger partial charge in [0.15, 0.2) is 0 Å². The van der Waals surface area contributed by atoms with Crippen molar-refractivity contribution in [3.05, 3.63) is 35.6 Å². The van der Waals surface area contributed by atoms with Crippen molar-refractivity contribution in [3.63, 3.8) is 0 Å². The molecular weight excluding hydrogens is 205 g/mol. The molecule has 0 aromatic heterocycles. The van der Waals surface area contributed by atoms with Crippen LogP contribution in [0.25, 0.3) is 0 Å². The third-order valence-corrected chi connectivity index (χ3v) is 3.15. The summed E-state index contributed by atoms with van der Waals surface area (Å²) in [5.41, 5.74) is 0.902. The fourth-order valence-electron chi connectivity index (χ4n) is 2.42. The number of benzene rings is 1. The van der Waals surface area contributed by atoms with Crippen molar-refractivity contribution in [2.24, 2.45) is 5.92 Å². The van der Waals surface area contributed by atoms with Crippen LogP contribution in [0.1, 0.15) is 31.9 Å². The van der Waals surface area contributed by atoms with E-state index in [4.69, 9.17) is 0 Å². The zero-order chi connectivity index (χ0) is 11.7. The molecule has 1 aliphatic rings. The molecule has 2 unspecified atom stereocenters. The van der Waals surface area contributed by atoms with Gasteiger partial charge in [-0.05, 0) is 30.0 Å². The number of nitrogens with zero attached hydrogens (tertiary/aromatic N) is 1. The van der Waals surface area contributed by atoms with Crippen LogP contribution in [-0.4, -0.2) is 17.4 Å². The summed E-state index contributed by atoms with van der Waals surface area (Å²) in [5.74, 6) is 0.316. The van der Waals surface area contributed by atoms with Gasteiger partial charge in [0.25, 0.3) is 0 Å². The Balaban J connectivity index is 2.28. The summed E-state index contributed by atoms with van der Waals surface area (Å²) in [6, 6.07) is 6.59. The number of likely N-dealkylation sites (tertiary alicyclic amines) is 1. The summed E-state index contributed by atoms with van der Waals surface area (Å²) in [4.78, 5) is 13.3. The zero-order valence-electron chi connectivity index (χ0n) is 9.61. The Bertz CT molecular complexity index is 405. The highest BCUT2D eigenvalue weighted by atomic mass is 19.1. The Morgan fingerprint density at radius 3 is 2.88 bits per heavy atom. The Morgan fingerprint density at radius 2 is 2.25 bits per heavy atom. The van der Waals surface area contributed by atoms with Crippen LogP contribution in [0.4, 0.5) is 4.39 Å². The molecule has 2 rings (SSSR count). The van der Waals surface area contributed by atoms with Gasteiger partial charge in [0.1, 0.15) is 5.82 Å². The predicted octanol–water partition coefficient (Wildman–Crippen LogP) is 2.76. The first-order chi connectivity index (χ1) is 7.58. The minimum Gasteiger partial charge on any atom is -0.336 e. The molecule has 2 atom stereocenters. The van der Waals surface area contributed by atoms with Crippen molar-refractivity contribution in [3.8, 4) is 0 Å². The Morgan fingerprint density at radius 1 is 1.50 bits per heavy atom. The maximum Gasteiger partial charge on any atom is 0.219 e. The van der Waals surface area contributed by atoms with Gasteiger partial charge in [-0.15, -0.1) is 0 Å². The molecule has 3 heteroatoms. The first kappa shape index (κ1) is 11.1. The van der Waals surface area contributed by atoms with Gasteiger partial charge in [-0.2, -0.15) is 0 Å². The lowest BCUT2D eigenvalue weighted by Gasteiger charge is -2.23. The van der Waals surface area contributed by atoms with Crippen LogP contribution in [0, 0.1) is 11.7 Å². The van der Waals surface area contributed by atoms with Crippen LogP contribution in [0.3, 0.4) is 0 Å². The topological polar surface area (TPSA) is 20.3 Å². The van der Waals surface area contributed by atoms with Gasteiger partial charge in [0, 0.05) is 13.5 Å². The van der Waals surface area contributed by atoms with E-state index in [1.807, 2.05) is 11.0 Å². The van der Waals surface area contributed by atoms with Gasteiger partial charge in [-0.25, -0.2) is 4.39 Å². The van der Waals surface area contributed by atoms with Crippen molar-refractivity contribution in [2.75, 3.05) is 6.54 Å². The molecule has 1 aromatic carbocycles. The second kappa shape index (κ2) is 4.24. The molecule has 0 bridgehead atoms. The number of amides is 1. The highest BCUT2D eigenvalue weighted by Gasteiger charge is 2.32. The van der Waals surface area contributed by atoms with Crippen LogP contribution in [-0.2, 0) is 4.79 Å². The molecule has 0 aliphatic carbocycles. The minimum absolute atomic E-state index is 0.0446. The van der Waals surface area contributed by atoms with Crippen LogP contribution in [0.5, 0.6) is 0 Å². The summed E-state index contributed by atoms with van der Waals surface area (Å²) in [7, 11) is 0. The molecule has 0 saturated carbocycles. The summed E-state index contributed by atoms with van der Waals surface area (Å²) < 4.78 is 13.1. The molecule has 1 fully saturated rings. The third kappa shape index (κ3) is 2.08. The second-order valence-corrected chi connectivity index (χ2v) is 4.58. The number of rotatable bonds is 1. The quantitative estimate of drug-likeness (QED) is 0.714. The number of hydrogen-bond acceptors (Lipinski definition) is 1. The fraction of sp³-hybridized carbons (Fsp3) is 0.462. The molecule has 0 spiro atoms. The summed E-state index contributed by atoms with van der Waals surface area (Å²) in [5, 5.41) is 0. The van der Waals surface area contributed by atoms with Crippen LogP contribution in [0.2, 0.25) is 0 Å². The van der Waals surface area contributed by atoms with Gasteiger partial charge >= 0.3 is 0 Å². The molecule has 1 saturated heterocycles. The van der Waals surface area contributed by atoms with Gasteiger partial charge in [0.2, 0.25) is 5.91 Å². The minimum atomic E-state index is -0.236. The van der Waals surface area contributed by atoms with Crippen LogP contribution >= 0.6 is 0 Å². The Kier molecular flexibility index (Phi) is 2.95. The Hall–Kier alpha value is -1.38. The van der Waals surface area contributed by atoms with Gasteiger partial charge in [-0.3, -0.25) is 4.79 Å². The highest BCUT2D eigenvalue weighted by molar-refractivity contribution is 5.74. The SMILES string of the molecule is CC(=O)N1CC(C)CC1c1cccc(F)c1. The van der Waals surface area contributed by atoms with E-state index in [9.17, 15) is 9.18 Å². The average Bonchev–Trinajstić information content (AvgIpc) is 2.60. The lowest BCUT2D eigenvalue weighted by atomic mass is 10.0. The van der Waals surface area contributed by atoms with E-state index in [1.165, 1.54) is 12.1 Å². The summed E-state index contributed by atoms with van der Waals surface area (Å²) in [6.07, 6.45) is 0.920. The first-order valence-electron chi connectivity index (χ1n) is 5.60. The zero-order valence-corrected chi connectivity index (χ0v) is 9.61. The fourth-order valence-corrected chi connectivity index (χ4v) is 2.42.